The molecular formula is C12H22N2O2S2. The molecule has 1 N–H and O–H groups in total. The van der Waals surface area contributed by atoms with E-state index in [1.54, 1.807) is 18.4 Å². The molecule has 0 amide bonds. The number of rotatable bonds is 9. The zero-order chi connectivity index (χ0) is 13.4. The second kappa shape index (κ2) is 7.89. The second-order valence-electron chi connectivity index (χ2n) is 4.22. The van der Waals surface area contributed by atoms with Crippen LogP contribution in [0.15, 0.2) is 17.5 Å². The van der Waals surface area contributed by atoms with Crippen molar-refractivity contribution in [2.75, 3.05) is 32.4 Å². The van der Waals surface area contributed by atoms with Crippen LogP contribution >= 0.6 is 11.3 Å². The van der Waals surface area contributed by atoms with Crippen LogP contribution < -0.4 is 5.32 Å². The van der Waals surface area contributed by atoms with Gasteiger partial charge < -0.3 is 5.32 Å². The van der Waals surface area contributed by atoms with Crippen LogP contribution in [0.2, 0.25) is 0 Å². The molecule has 0 aliphatic rings. The number of likely N-dealkylation sites (N-methyl/N-ethyl adjacent to an activating group) is 1. The summed E-state index contributed by atoms with van der Waals surface area (Å²) in [6.45, 7) is 4.01. The SMILES string of the molecule is CCCNCCS(=O)(=O)N(C)CCc1cccs1. The van der Waals surface area contributed by atoms with E-state index in [0.717, 1.165) is 19.4 Å². The van der Waals surface area contributed by atoms with Gasteiger partial charge in [-0.3, -0.25) is 0 Å². The van der Waals surface area contributed by atoms with E-state index in [4.69, 9.17) is 0 Å². The Bertz CT molecular complexity index is 415. The summed E-state index contributed by atoms with van der Waals surface area (Å²) in [5.74, 6) is 0.175. The Morgan fingerprint density at radius 3 is 2.78 bits per heavy atom. The van der Waals surface area contributed by atoms with Crippen LogP contribution in [0.4, 0.5) is 0 Å². The Morgan fingerprint density at radius 2 is 2.17 bits per heavy atom. The predicted octanol–water partition coefficient (Wildman–Crippen LogP) is 1.55. The topological polar surface area (TPSA) is 49.4 Å². The van der Waals surface area contributed by atoms with Crippen LogP contribution in [0.5, 0.6) is 0 Å². The van der Waals surface area contributed by atoms with Gasteiger partial charge in [-0.25, -0.2) is 12.7 Å². The lowest BCUT2D eigenvalue weighted by atomic mass is 10.3. The third-order valence-corrected chi connectivity index (χ3v) is 5.48. The Labute approximate surface area is 114 Å². The van der Waals surface area contributed by atoms with Crippen molar-refractivity contribution < 1.29 is 8.42 Å². The first-order valence-corrected chi connectivity index (χ1v) is 8.72. The second-order valence-corrected chi connectivity index (χ2v) is 7.44. The van der Waals surface area contributed by atoms with Gasteiger partial charge in [0.2, 0.25) is 10.0 Å². The highest BCUT2D eigenvalue weighted by Crippen LogP contribution is 2.10. The first kappa shape index (κ1) is 15.6. The summed E-state index contributed by atoms with van der Waals surface area (Å²) in [7, 11) is -1.46. The molecule has 0 saturated heterocycles. The maximum atomic E-state index is 11.9. The van der Waals surface area contributed by atoms with Gasteiger partial charge in [0.1, 0.15) is 0 Å². The van der Waals surface area contributed by atoms with Crippen molar-refractivity contribution >= 4 is 21.4 Å². The molecule has 1 heterocycles. The molecule has 104 valence electrons. The van der Waals surface area contributed by atoms with Crippen LogP contribution in [0, 0.1) is 0 Å². The van der Waals surface area contributed by atoms with Gasteiger partial charge in [-0.15, -0.1) is 11.3 Å². The van der Waals surface area contributed by atoms with Gasteiger partial charge >= 0.3 is 0 Å². The third kappa shape index (κ3) is 5.48. The molecule has 0 bridgehead atoms. The van der Waals surface area contributed by atoms with E-state index in [0.29, 0.717) is 13.1 Å². The molecule has 0 aliphatic heterocycles. The zero-order valence-electron chi connectivity index (χ0n) is 11.1. The standard InChI is InChI=1S/C12H22N2O2S2/c1-3-7-13-8-11-18(15,16)14(2)9-6-12-5-4-10-17-12/h4-5,10,13H,3,6-9,11H2,1-2H3. The van der Waals surface area contributed by atoms with Crippen LogP contribution in [-0.2, 0) is 16.4 Å². The number of hydrogen-bond acceptors (Lipinski definition) is 4. The average Bonchev–Trinajstić information content (AvgIpc) is 2.84. The normalized spacial score (nSPS) is 12.2. The molecular weight excluding hydrogens is 268 g/mol. The molecule has 0 atom stereocenters. The number of nitrogens with one attached hydrogen (secondary N) is 1. The monoisotopic (exact) mass is 290 g/mol. The minimum atomic E-state index is -3.12. The maximum Gasteiger partial charge on any atom is 0.215 e. The van der Waals surface area contributed by atoms with Crippen molar-refractivity contribution in [2.24, 2.45) is 0 Å². The lowest BCUT2D eigenvalue weighted by Crippen LogP contribution is -2.35. The van der Waals surface area contributed by atoms with Gasteiger partial charge in [0, 0.05) is 25.0 Å². The summed E-state index contributed by atoms with van der Waals surface area (Å²) in [6.07, 6.45) is 1.81. The van der Waals surface area contributed by atoms with E-state index < -0.39 is 10.0 Å². The van der Waals surface area contributed by atoms with Crippen molar-refractivity contribution in [3.05, 3.63) is 22.4 Å². The summed E-state index contributed by atoms with van der Waals surface area (Å²) in [4.78, 5) is 1.22. The van der Waals surface area contributed by atoms with Gasteiger partial charge in [0.15, 0.2) is 0 Å². The van der Waals surface area contributed by atoms with E-state index in [9.17, 15) is 8.42 Å². The largest absolute Gasteiger partial charge is 0.316 e. The highest BCUT2D eigenvalue weighted by atomic mass is 32.2. The Balaban J connectivity index is 2.32. The number of nitrogens with zero attached hydrogens (tertiary/aromatic N) is 1. The smallest absolute Gasteiger partial charge is 0.215 e. The summed E-state index contributed by atoms with van der Waals surface area (Å²) in [5, 5.41) is 5.12. The summed E-state index contributed by atoms with van der Waals surface area (Å²) in [6, 6.07) is 4.02. The summed E-state index contributed by atoms with van der Waals surface area (Å²) < 4.78 is 25.3. The van der Waals surface area contributed by atoms with Crippen molar-refractivity contribution in [1.29, 1.82) is 0 Å². The lowest BCUT2D eigenvalue weighted by molar-refractivity contribution is 0.471. The van der Waals surface area contributed by atoms with Gasteiger partial charge in [0.05, 0.1) is 5.75 Å². The van der Waals surface area contributed by atoms with E-state index >= 15 is 0 Å². The van der Waals surface area contributed by atoms with E-state index in [1.165, 1.54) is 9.18 Å². The molecule has 1 aromatic heterocycles. The molecule has 0 radical (unpaired) electrons. The van der Waals surface area contributed by atoms with Crippen molar-refractivity contribution in [3.8, 4) is 0 Å². The van der Waals surface area contributed by atoms with E-state index in [1.807, 2.05) is 17.5 Å². The Morgan fingerprint density at radius 1 is 1.39 bits per heavy atom. The minimum Gasteiger partial charge on any atom is -0.316 e. The van der Waals surface area contributed by atoms with Gasteiger partial charge in [-0.1, -0.05) is 13.0 Å². The van der Waals surface area contributed by atoms with Crippen LogP contribution in [0.1, 0.15) is 18.2 Å². The fourth-order valence-electron chi connectivity index (χ4n) is 1.52. The van der Waals surface area contributed by atoms with Gasteiger partial charge in [-0.2, -0.15) is 0 Å². The molecule has 0 saturated carbocycles. The highest BCUT2D eigenvalue weighted by molar-refractivity contribution is 7.89. The third-order valence-electron chi connectivity index (χ3n) is 2.69. The molecule has 0 spiro atoms. The molecule has 0 fully saturated rings. The predicted molar refractivity (Wildman–Crippen MR) is 77.6 cm³/mol. The highest BCUT2D eigenvalue weighted by Gasteiger charge is 2.16. The Hall–Kier alpha value is -0.430. The minimum absolute atomic E-state index is 0.175. The summed E-state index contributed by atoms with van der Waals surface area (Å²) in [5.41, 5.74) is 0. The quantitative estimate of drug-likeness (QED) is 0.702. The number of thiophene rings is 1. The maximum absolute atomic E-state index is 11.9. The van der Waals surface area contributed by atoms with Crippen molar-refractivity contribution in [2.45, 2.75) is 19.8 Å². The summed E-state index contributed by atoms with van der Waals surface area (Å²) >= 11 is 1.67. The van der Waals surface area contributed by atoms with Crippen LogP contribution in [0.25, 0.3) is 0 Å². The van der Waals surface area contributed by atoms with Crippen LogP contribution in [0.3, 0.4) is 0 Å². The molecule has 1 rings (SSSR count). The molecule has 4 nitrogen and oxygen atoms in total. The molecule has 1 aromatic rings. The molecule has 0 aromatic carbocycles. The fraction of sp³-hybridized carbons (Fsp3) is 0.667. The zero-order valence-corrected chi connectivity index (χ0v) is 12.7. The van der Waals surface area contributed by atoms with Crippen LogP contribution in [-0.4, -0.2) is 45.2 Å². The van der Waals surface area contributed by atoms with Gasteiger partial charge in [0.25, 0.3) is 0 Å². The van der Waals surface area contributed by atoms with Crippen molar-refractivity contribution in [3.63, 3.8) is 0 Å². The average molecular weight is 290 g/mol. The molecule has 6 heteroatoms. The first-order valence-electron chi connectivity index (χ1n) is 6.23. The lowest BCUT2D eigenvalue weighted by Gasteiger charge is -2.16. The molecule has 0 unspecified atom stereocenters. The first-order chi connectivity index (χ1) is 8.56. The van der Waals surface area contributed by atoms with E-state index in [2.05, 4.69) is 12.2 Å². The van der Waals surface area contributed by atoms with Gasteiger partial charge in [-0.05, 0) is 30.8 Å². The fourth-order valence-corrected chi connectivity index (χ4v) is 3.30. The Kier molecular flexibility index (Phi) is 6.85. The number of sulfonamides is 1. The molecule has 18 heavy (non-hydrogen) atoms. The van der Waals surface area contributed by atoms with Crippen molar-refractivity contribution in [1.82, 2.24) is 9.62 Å². The molecule has 0 aliphatic carbocycles. The number of hydrogen-bond donors (Lipinski definition) is 1. The van der Waals surface area contributed by atoms with E-state index in [-0.39, 0.29) is 5.75 Å².